The highest BCUT2D eigenvalue weighted by Gasteiger charge is 2.32. The number of nitrogens with one attached hydrogen (secondary N) is 1. The molecular formula is C19H21FN4O3S. The first-order valence-electron chi connectivity index (χ1n) is 9.06. The number of anilines is 1. The van der Waals surface area contributed by atoms with Crippen LogP contribution in [-0.2, 0) is 17.1 Å². The number of nitrogens with zero attached hydrogens (tertiary/aromatic N) is 3. The van der Waals surface area contributed by atoms with E-state index in [-0.39, 0.29) is 22.4 Å². The fourth-order valence-corrected chi connectivity index (χ4v) is 4.99. The van der Waals surface area contributed by atoms with Crippen molar-refractivity contribution in [2.24, 2.45) is 7.05 Å². The number of benzene rings is 1. The molecular weight excluding hydrogens is 383 g/mol. The van der Waals surface area contributed by atoms with E-state index in [1.807, 2.05) is 0 Å². The number of rotatable bonds is 5. The van der Waals surface area contributed by atoms with Crippen molar-refractivity contribution in [2.45, 2.75) is 43.9 Å². The van der Waals surface area contributed by atoms with Gasteiger partial charge in [0.1, 0.15) is 10.7 Å². The Morgan fingerprint density at radius 3 is 2.64 bits per heavy atom. The van der Waals surface area contributed by atoms with Gasteiger partial charge in [-0.3, -0.25) is 4.72 Å². The van der Waals surface area contributed by atoms with Gasteiger partial charge in [0, 0.05) is 24.4 Å². The summed E-state index contributed by atoms with van der Waals surface area (Å²) in [6.45, 7) is 3.51. The van der Waals surface area contributed by atoms with Crippen molar-refractivity contribution in [3.8, 4) is 11.5 Å². The zero-order valence-electron chi connectivity index (χ0n) is 15.9. The molecule has 0 radical (unpaired) electrons. The van der Waals surface area contributed by atoms with Crippen LogP contribution in [0.3, 0.4) is 0 Å². The van der Waals surface area contributed by atoms with Crippen LogP contribution in [0.4, 0.5) is 10.1 Å². The maximum Gasteiger partial charge on any atom is 0.264 e. The van der Waals surface area contributed by atoms with Crippen LogP contribution < -0.4 is 4.72 Å². The first kappa shape index (κ1) is 18.7. The minimum Gasteiger partial charge on any atom is -0.350 e. The molecule has 2 heterocycles. The Balaban J connectivity index is 1.80. The molecule has 7 nitrogen and oxygen atoms in total. The van der Waals surface area contributed by atoms with E-state index in [9.17, 15) is 12.8 Å². The SMILES string of the molecule is Cc1c(-c2nc(C3CCC3)no2)c(S(=O)(=O)Nc2cccc(F)c2)c(C)n1C. The lowest BCUT2D eigenvalue weighted by Crippen LogP contribution is -2.15. The first-order chi connectivity index (χ1) is 13.3. The fourth-order valence-electron chi connectivity index (χ4n) is 3.42. The standard InChI is InChI=1S/C19H21FN4O3S/c1-11-16(19-21-18(22-27-19)13-6-4-7-13)17(12(2)24(11)3)28(25,26)23-15-9-5-8-14(20)10-15/h5,8-10,13,23H,4,6-7H2,1-3H3. The first-order valence-corrected chi connectivity index (χ1v) is 10.5. The minimum absolute atomic E-state index is 0.0561. The monoisotopic (exact) mass is 404 g/mol. The summed E-state index contributed by atoms with van der Waals surface area (Å²) in [5, 5.41) is 4.05. The molecule has 0 amide bonds. The summed E-state index contributed by atoms with van der Waals surface area (Å²) < 4.78 is 49.5. The van der Waals surface area contributed by atoms with Crippen molar-refractivity contribution in [3.63, 3.8) is 0 Å². The van der Waals surface area contributed by atoms with E-state index in [0.717, 1.165) is 25.3 Å². The summed E-state index contributed by atoms with van der Waals surface area (Å²) in [6, 6.07) is 5.32. The molecule has 0 bridgehead atoms. The van der Waals surface area contributed by atoms with Gasteiger partial charge in [-0.25, -0.2) is 12.8 Å². The molecule has 0 atom stereocenters. The van der Waals surface area contributed by atoms with E-state index < -0.39 is 15.8 Å². The van der Waals surface area contributed by atoms with Gasteiger partial charge >= 0.3 is 0 Å². The van der Waals surface area contributed by atoms with Crippen LogP contribution in [0.1, 0.15) is 42.4 Å². The second kappa shape index (κ2) is 6.73. The Morgan fingerprint density at radius 1 is 1.25 bits per heavy atom. The van der Waals surface area contributed by atoms with Crippen LogP contribution in [0, 0.1) is 19.7 Å². The molecule has 1 aliphatic carbocycles. The van der Waals surface area contributed by atoms with Crippen LogP contribution in [-0.4, -0.2) is 23.1 Å². The Morgan fingerprint density at radius 2 is 2.00 bits per heavy atom. The Kier molecular flexibility index (Phi) is 4.49. The molecule has 1 fully saturated rings. The smallest absolute Gasteiger partial charge is 0.264 e. The molecule has 1 saturated carbocycles. The molecule has 148 valence electrons. The van der Waals surface area contributed by atoms with Crippen molar-refractivity contribution in [2.75, 3.05) is 4.72 Å². The van der Waals surface area contributed by atoms with Crippen LogP contribution in [0.15, 0.2) is 33.7 Å². The van der Waals surface area contributed by atoms with Crippen LogP contribution >= 0.6 is 0 Å². The van der Waals surface area contributed by atoms with Gasteiger partial charge in [-0.1, -0.05) is 17.6 Å². The summed E-state index contributed by atoms with van der Waals surface area (Å²) in [6.07, 6.45) is 3.16. The number of sulfonamides is 1. The number of hydrogen-bond donors (Lipinski definition) is 1. The van der Waals surface area contributed by atoms with Gasteiger partial charge < -0.3 is 9.09 Å². The quantitative estimate of drug-likeness (QED) is 0.697. The second-order valence-corrected chi connectivity index (χ2v) is 8.75. The topological polar surface area (TPSA) is 90.0 Å². The third kappa shape index (κ3) is 3.09. The molecule has 4 rings (SSSR count). The van der Waals surface area contributed by atoms with Crippen molar-refractivity contribution < 1.29 is 17.3 Å². The van der Waals surface area contributed by atoms with Crippen LogP contribution in [0.2, 0.25) is 0 Å². The van der Waals surface area contributed by atoms with E-state index in [0.29, 0.717) is 22.8 Å². The Labute approximate surface area is 162 Å². The molecule has 9 heteroatoms. The Bertz CT molecular complexity index is 1150. The largest absolute Gasteiger partial charge is 0.350 e. The molecule has 1 aliphatic rings. The van der Waals surface area contributed by atoms with Gasteiger partial charge in [-0.15, -0.1) is 0 Å². The molecule has 0 aliphatic heterocycles. The zero-order chi connectivity index (χ0) is 20.1. The second-order valence-electron chi connectivity index (χ2n) is 7.14. The molecule has 0 saturated heterocycles. The van der Waals surface area contributed by atoms with Crippen molar-refractivity contribution in [1.29, 1.82) is 0 Å². The van der Waals surface area contributed by atoms with Crippen molar-refractivity contribution in [1.82, 2.24) is 14.7 Å². The fraction of sp³-hybridized carbons (Fsp3) is 0.368. The number of halogens is 1. The molecule has 0 spiro atoms. The third-order valence-corrected chi connectivity index (χ3v) is 6.94. The lowest BCUT2D eigenvalue weighted by Gasteiger charge is -2.20. The minimum atomic E-state index is -4.01. The summed E-state index contributed by atoms with van der Waals surface area (Å²) in [5.74, 6) is 0.544. The molecule has 3 aromatic rings. The lowest BCUT2D eigenvalue weighted by atomic mass is 9.85. The molecule has 2 aromatic heterocycles. The normalized spacial score (nSPS) is 14.9. The van der Waals surface area contributed by atoms with Crippen molar-refractivity contribution >= 4 is 15.7 Å². The average Bonchev–Trinajstić information content (AvgIpc) is 3.12. The van der Waals surface area contributed by atoms with Gasteiger partial charge in [0.25, 0.3) is 15.9 Å². The van der Waals surface area contributed by atoms with E-state index in [2.05, 4.69) is 14.9 Å². The summed E-state index contributed by atoms with van der Waals surface area (Å²) in [5.41, 5.74) is 1.75. The van der Waals surface area contributed by atoms with Gasteiger partial charge in [0.05, 0.1) is 11.3 Å². The highest BCUT2D eigenvalue weighted by molar-refractivity contribution is 7.93. The number of hydrogen-bond acceptors (Lipinski definition) is 5. The summed E-state index contributed by atoms with van der Waals surface area (Å²) in [4.78, 5) is 4.53. The molecule has 0 unspecified atom stereocenters. The zero-order valence-corrected chi connectivity index (χ0v) is 16.7. The van der Waals surface area contributed by atoms with E-state index >= 15 is 0 Å². The van der Waals surface area contributed by atoms with Gasteiger partial charge in [-0.2, -0.15) is 4.98 Å². The highest BCUT2D eigenvalue weighted by Crippen LogP contribution is 2.38. The van der Waals surface area contributed by atoms with Gasteiger partial charge in [-0.05, 0) is 44.9 Å². The number of aromatic nitrogens is 3. The summed E-state index contributed by atoms with van der Waals surface area (Å²) in [7, 11) is -2.23. The predicted octanol–water partition coefficient (Wildman–Crippen LogP) is 3.90. The van der Waals surface area contributed by atoms with Crippen molar-refractivity contribution in [3.05, 3.63) is 47.3 Å². The van der Waals surface area contributed by atoms with Gasteiger partial charge in [0.2, 0.25) is 0 Å². The Hall–Kier alpha value is -2.68. The molecule has 1 N–H and O–H groups in total. The predicted molar refractivity (Wildman–Crippen MR) is 102 cm³/mol. The van der Waals surface area contributed by atoms with E-state index in [1.165, 1.54) is 18.2 Å². The van der Waals surface area contributed by atoms with E-state index in [4.69, 9.17) is 4.52 Å². The van der Waals surface area contributed by atoms with Crippen LogP contribution in [0.25, 0.3) is 11.5 Å². The maximum absolute atomic E-state index is 13.5. The lowest BCUT2D eigenvalue weighted by molar-refractivity contribution is 0.366. The molecule has 28 heavy (non-hydrogen) atoms. The van der Waals surface area contributed by atoms with Crippen LogP contribution in [0.5, 0.6) is 0 Å². The highest BCUT2D eigenvalue weighted by atomic mass is 32.2. The maximum atomic E-state index is 13.5. The summed E-state index contributed by atoms with van der Waals surface area (Å²) >= 11 is 0. The van der Waals surface area contributed by atoms with E-state index in [1.54, 1.807) is 25.5 Å². The average molecular weight is 404 g/mol. The third-order valence-electron chi connectivity index (χ3n) is 5.40. The molecule has 1 aromatic carbocycles. The van der Waals surface area contributed by atoms with Gasteiger partial charge in [0.15, 0.2) is 5.82 Å².